The first-order valence-corrected chi connectivity index (χ1v) is 9.01. The minimum absolute atomic E-state index is 0.397. The molecule has 0 aliphatic carbocycles. The molecule has 0 heterocycles. The van der Waals surface area contributed by atoms with Gasteiger partial charge in [0.05, 0.1) is 4.47 Å². The van der Waals surface area contributed by atoms with E-state index in [4.69, 9.17) is 4.74 Å². The number of rotatable bonds is 4. The molecule has 0 fully saturated rings. The number of halogens is 1. The Balaban J connectivity index is 1.77. The van der Waals surface area contributed by atoms with Gasteiger partial charge in [-0.2, -0.15) is 0 Å². The van der Waals surface area contributed by atoms with Crippen molar-refractivity contribution in [3.05, 3.63) is 82.3 Å². The molecule has 0 aliphatic heterocycles. The Kier molecular flexibility index (Phi) is 5.34. The molecule has 3 aromatic rings. The number of hydrogen-bond donors (Lipinski definition) is 0. The third kappa shape index (κ3) is 4.18. The number of fused-ring (bicyclic) bond motifs is 1. The normalized spacial score (nSPS) is 11.4. The minimum atomic E-state index is -0.397. The van der Waals surface area contributed by atoms with Gasteiger partial charge in [-0.15, -0.1) is 0 Å². The van der Waals surface area contributed by atoms with Crippen LogP contribution in [-0.4, -0.2) is 5.97 Å². The van der Waals surface area contributed by atoms with Crippen LogP contribution in [0.3, 0.4) is 0 Å². The number of hydrogen-bond acceptors (Lipinski definition) is 2. The van der Waals surface area contributed by atoms with Gasteiger partial charge < -0.3 is 4.74 Å². The van der Waals surface area contributed by atoms with Crippen molar-refractivity contribution in [2.24, 2.45) is 0 Å². The van der Waals surface area contributed by atoms with E-state index in [0.29, 0.717) is 11.7 Å². The zero-order chi connectivity index (χ0) is 17.8. The predicted octanol–water partition coefficient (Wildman–Crippen LogP) is 6.34. The monoisotopic (exact) mass is 394 g/mol. The fourth-order valence-corrected chi connectivity index (χ4v) is 3.13. The quantitative estimate of drug-likeness (QED) is 0.293. The number of benzene rings is 3. The molecule has 0 spiro atoms. The van der Waals surface area contributed by atoms with Crippen LogP contribution in [0.4, 0.5) is 0 Å². The summed E-state index contributed by atoms with van der Waals surface area (Å²) < 4.78 is 6.22. The molecule has 25 heavy (non-hydrogen) atoms. The van der Waals surface area contributed by atoms with Crippen molar-refractivity contribution >= 4 is 38.7 Å². The standard InChI is InChI=1S/C22H19BrO2/c1-15(2)18-10-12-21(20(23)14-18)25-22(24)13-11-17-8-5-7-16-6-3-4-9-19(16)17/h3-15H,1-2H3. The zero-order valence-corrected chi connectivity index (χ0v) is 15.8. The number of esters is 1. The van der Waals surface area contributed by atoms with E-state index in [1.54, 1.807) is 6.08 Å². The molecule has 3 aromatic carbocycles. The fraction of sp³-hybridized carbons (Fsp3) is 0.136. The molecule has 126 valence electrons. The summed E-state index contributed by atoms with van der Waals surface area (Å²) in [7, 11) is 0. The summed E-state index contributed by atoms with van der Waals surface area (Å²) in [5, 5.41) is 2.25. The molecule has 0 saturated heterocycles. The topological polar surface area (TPSA) is 26.3 Å². The lowest BCUT2D eigenvalue weighted by Gasteiger charge is -2.09. The van der Waals surface area contributed by atoms with Crippen LogP contribution in [0.1, 0.15) is 30.9 Å². The summed E-state index contributed by atoms with van der Waals surface area (Å²) in [6, 6.07) is 19.9. The van der Waals surface area contributed by atoms with E-state index in [0.717, 1.165) is 20.8 Å². The highest BCUT2D eigenvalue weighted by molar-refractivity contribution is 9.10. The van der Waals surface area contributed by atoms with E-state index in [9.17, 15) is 4.79 Å². The second kappa shape index (κ2) is 7.66. The van der Waals surface area contributed by atoms with Gasteiger partial charge in [0.25, 0.3) is 0 Å². The van der Waals surface area contributed by atoms with Crippen molar-refractivity contribution in [3.63, 3.8) is 0 Å². The third-order valence-electron chi connectivity index (χ3n) is 4.06. The van der Waals surface area contributed by atoms with Crippen LogP contribution in [0.15, 0.2) is 71.2 Å². The van der Waals surface area contributed by atoms with Crippen molar-refractivity contribution in [3.8, 4) is 5.75 Å². The Morgan fingerprint density at radius 3 is 2.56 bits per heavy atom. The van der Waals surface area contributed by atoms with E-state index in [1.165, 1.54) is 11.6 Å². The summed E-state index contributed by atoms with van der Waals surface area (Å²) in [5.41, 5.74) is 2.18. The number of ether oxygens (including phenoxy) is 1. The first-order chi connectivity index (χ1) is 12.0. The molecular formula is C22H19BrO2. The second-order valence-electron chi connectivity index (χ2n) is 6.17. The van der Waals surface area contributed by atoms with Crippen molar-refractivity contribution in [2.75, 3.05) is 0 Å². The van der Waals surface area contributed by atoms with Crippen molar-refractivity contribution < 1.29 is 9.53 Å². The summed E-state index contributed by atoms with van der Waals surface area (Å²) >= 11 is 3.47. The van der Waals surface area contributed by atoms with Crippen LogP contribution in [0.5, 0.6) is 5.75 Å². The maximum absolute atomic E-state index is 12.2. The molecule has 0 unspecified atom stereocenters. The Morgan fingerprint density at radius 1 is 1.04 bits per heavy atom. The minimum Gasteiger partial charge on any atom is -0.422 e. The highest BCUT2D eigenvalue weighted by Crippen LogP contribution is 2.29. The Morgan fingerprint density at radius 2 is 1.80 bits per heavy atom. The van der Waals surface area contributed by atoms with Gasteiger partial charge >= 0.3 is 5.97 Å². The van der Waals surface area contributed by atoms with Gasteiger partial charge in [0.1, 0.15) is 5.75 Å². The molecule has 0 N–H and O–H groups in total. The Hall–Kier alpha value is -2.39. The lowest BCUT2D eigenvalue weighted by molar-refractivity contribution is -0.128. The second-order valence-corrected chi connectivity index (χ2v) is 7.02. The smallest absolute Gasteiger partial charge is 0.336 e. The highest BCUT2D eigenvalue weighted by atomic mass is 79.9. The predicted molar refractivity (Wildman–Crippen MR) is 107 cm³/mol. The molecule has 3 heteroatoms. The molecule has 0 amide bonds. The lowest BCUT2D eigenvalue weighted by Crippen LogP contribution is -2.04. The van der Waals surface area contributed by atoms with E-state index in [-0.39, 0.29) is 0 Å². The van der Waals surface area contributed by atoms with Gasteiger partial charge in [-0.25, -0.2) is 4.79 Å². The van der Waals surface area contributed by atoms with E-state index in [2.05, 4.69) is 41.9 Å². The summed E-state index contributed by atoms with van der Waals surface area (Å²) in [6.07, 6.45) is 3.26. The molecule has 0 aromatic heterocycles. The first kappa shape index (κ1) is 17.4. The first-order valence-electron chi connectivity index (χ1n) is 8.21. The highest BCUT2D eigenvalue weighted by Gasteiger charge is 2.08. The molecule has 3 rings (SSSR count). The van der Waals surface area contributed by atoms with Crippen molar-refractivity contribution in [1.82, 2.24) is 0 Å². The van der Waals surface area contributed by atoms with Crippen LogP contribution >= 0.6 is 15.9 Å². The molecular weight excluding hydrogens is 376 g/mol. The van der Waals surface area contributed by atoms with Gasteiger partial charge in [-0.05, 0) is 62.0 Å². The van der Waals surface area contributed by atoms with E-state index in [1.807, 2.05) is 48.5 Å². The van der Waals surface area contributed by atoms with Crippen molar-refractivity contribution in [1.29, 1.82) is 0 Å². The third-order valence-corrected chi connectivity index (χ3v) is 4.68. The average Bonchev–Trinajstić information content (AvgIpc) is 2.61. The summed E-state index contributed by atoms with van der Waals surface area (Å²) in [5.74, 6) is 0.551. The van der Waals surface area contributed by atoms with Gasteiger partial charge in [0, 0.05) is 6.08 Å². The van der Waals surface area contributed by atoms with E-state index < -0.39 is 5.97 Å². The van der Waals surface area contributed by atoms with Crippen LogP contribution in [0.2, 0.25) is 0 Å². The maximum atomic E-state index is 12.2. The van der Waals surface area contributed by atoms with Crippen LogP contribution < -0.4 is 4.74 Å². The summed E-state index contributed by atoms with van der Waals surface area (Å²) in [4.78, 5) is 12.2. The van der Waals surface area contributed by atoms with Gasteiger partial charge in [0.15, 0.2) is 0 Å². The van der Waals surface area contributed by atoms with Crippen LogP contribution in [-0.2, 0) is 4.79 Å². The molecule has 0 atom stereocenters. The molecule has 0 saturated carbocycles. The zero-order valence-electron chi connectivity index (χ0n) is 14.2. The lowest BCUT2D eigenvalue weighted by atomic mass is 10.0. The molecule has 0 radical (unpaired) electrons. The van der Waals surface area contributed by atoms with Crippen LogP contribution in [0, 0.1) is 0 Å². The summed E-state index contributed by atoms with van der Waals surface area (Å²) in [6.45, 7) is 4.25. The van der Waals surface area contributed by atoms with Gasteiger partial charge in [0.2, 0.25) is 0 Å². The Bertz CT molecular complexity index is 936. The van der Waals surface area contributed by atoms with E-state index >= 15 is 0 Å². The maximum Gasteiger partial charge on any atom is 0.336 e. The fourth-order valence-electron chi connectivity index (χ4n) is 2.65. The largest absolute Gasteiger partial charge is 0.422 e. The molecule has 0 aliphatic rings. The molecule has 0 bridgehead atoms. The van der Waals surface area contributed by atoms with Crippen LogP contribution in [0.25, 0.3) is 16.8 Å². The average molecular weight is 395 g/mol. The molecule has 2 nitrogen and oxygen atoms in total. The Labute approximate surface area is 156 Å². The van der Waals surface area contributed by atoms with Gasteiger partial charge in [-0.3, -0.25) is 0 Å². The SMILES string of the molecule is CC(C)c1ccc(OC(=O)C=Cc2cccc3ccccc23)c(Br)c1. The number of carbonyl (C=O) groups excluding carboxylic acids is 1. The number of carbonyl (C=O) groups is 1. The van der Waals surface area contributed by atoms with Gasteiger partial charge in [-0.1, -0.05) is 62.4 Å². The van der Waals surface area contributed by atoms with Crippen molar-refractivity contribution in [2.45, 2.75) is 19.8 Å².